The second-order valence-corrected chi connectivity index (χ2v) is 6.43. The van der Waals surface area contributed by atoms with Crippen molar-refractivity contribution in [1.82, 2.24) is 4.98 Å². The van der Waals surface area contributed by atoms with Crippen LogP contribution in [0.4, 0.5) is 5.69 Å². The summed E-state index contributed by atoms with van der Waals surface area (Å²) in [6, 6.07) is 17.3. The number of halogens is 1. The fourth-order valence-electron chi connectivity index (χ4n) is 2.81. The summed E-state index contributed by atoms with van der Waals surface area (Å²) in [5, 5.41) is 0. The van der Waals surface area contributed by atoms with Crippen molar-refractivity contribution in [2.24, 2.45) is 0 Å². The maximum Gasteiger partial charge on any atom is 0.343 e. The Hall–Kier alpha value is -2.75. The van der Waals surface area contributed by atoms with E-state index < -0.39 is 10.2 Å². The maximum absolute atomic E-state index is 12.4. The van der Waals surface area contributed by atoms with Gasteiger partial charge in [0.15, 0.2) is 0 Å². The second-order valence-electron chi connectivity index (χ2n) is 5.67. The third-order valence-corrected chi connectivity index (χ3v) is 3.74. The van der Waals surface area contributed by atoms with Crippen molar-refractivity contribution in [3.63, 3.8) is 0 Å². The Balaban J connectivity index is 0.000000465. The fourth-order valence-corrected chi connectivity index (χ4v) is 2.81. The maximum atomic E-state index is 12.4. The first-order valence-electron chi connectivity index (χ1n) is 7.76. The Morgan fingerprint density at radius 1 is 0.963 bits per heavy atom. The van der Waals surface area contributed by atoms with Crippen LogP contribution in [0, 0.1) is 24.1 Å². The van der Waals surface area contributed by atoms with E-state index in [1.54, 1.807) is 0 Å². The van der Waals surface area contributed by atoms with Crippen molar-refractivity contribution < 1.29 is 33.4 Å². The molecule has 0 spiro atoms. The first kappa shape index (κ1) is 20.6. The molecule has 0 saturated heterocycles. The summed E-state index contributed by atoms with van der Waals surface area (Å²) in [4.78, 5) is 15.3. The van der Waals surface area contributed by atoms with Gasteiger partial charge in [-0.1, -0.05) is 36.4 Å². The molecule has 3 N–H and O–H groups in total. The minimum absolute atomic E-state index is 0.0821. The molecule has 0 unspecified atom stereocenters. The summed E-state index contributed by atoms with van der Waals surface area (Å²) in [6.45, 7) is 3.83. The highest BCUT2D eigenvalue weighted by Gasteiger charge is 2.20. The molecule has 0 aliphatic heterocycles. The number of aromatic amines is 1. The van der Waals surface area contributed by atoms with Gasteiger partial charge in [0, 0.05) is 18.7 Å². The summed E-state index contributed by atoms with van der Waals surface area (Å²) in [6.07, 6.45) is 0. The Kier molecular flexibility index (Phi) is 6.32. The number of aromatic nitrogens is 2. The number of benzene rings is 2. The molecule has 0 aliphatic carbocycles. The molecule has 0 saturated carbocycles. The zero-order valence-electron chi connectivity index (χ0n) is 14.6. The molecule has 2 aromatic carbocycles. The Morgan fingerprint density at radius 2 is 1.56 bits per heavy atom. The van der Waals surface area contributed by atoms with Crippen molar-refractivity contribution in [3.8, 4) is 16.8 Å². The summed E-state index contributed by atoms with van der Waals surface area (Å²) >= 11 is 0. The van der Waals surface area contributed by atoms with Gasteiger partial charge in [-0.25, -0.2) is 33.0 Å². The number of aryl methyl sites for hydroxylation is 1. The number of rotatable bonds is 2. The van der Waals surface area contributed by atoms with Crippen LogP contribution in [0.3, 0.4) is 0 Å². The molecule has 27 heavy (non-hydrogen) atoms. The quantitative estimate of drug-likeness (QED) is 0.371. The van der Waals surface area contributed by atoms with Crippen LogP contribution >= 0.6 is 0 Å². The molecular formula is C18H18ClN3O5. The number of hydrogen-bond donors (Lipinski definition) is 2. The van der Waals surface area contributed by atoms with Gasteiger partial charge < -0.3 is 5.73 Å². The average molecular weight is 392 g/mol. The van der Waals surface area contributed by atoms with E-state index in [0.29, 0.717) is 11.3 Å². The van der Waals surface area contributed by atoms with Crippen LogP contribution in [0.25, 0.3) is 16.8 Å². The molecule has 1 aromatic heterocycles. The summed E-state index contributed by atoms with van der Waals surface area (Å²) in [5.74, 6) is 0.771. The number of nitrogen functional groups attached to an aromatic ring is 1. The van der Waals surface area contributed by atoms with Crippen LogP contribution in [0.2, 0.25) is 0 Å². The van der Waals surface area contributed by atoms with Crippen molar-refractivity contribution in [2.45, 2.75) is 13.8 Å². The van der Waals surface area contributed by atoms with Gasteiger partial charge in [-0.05, 0) is 24.6 Å². The number of hydrogen-bond acceptors (Lipinski definition) is 6. The van der Waals surface area contributed by atoms with Crippen LogP contribution in [0.15, 0.2) is 59.4 Å². The zero-order chi connectivity index (χ0) is 20.2. The molecule has 0 atom stereocenters. The molecule has 142 valence electrons. The molecule has 0 fully saturated rings. The number of nitrogens with zero attached hydrogens (tertiary/aromatic N) is 1. The van der Waals surface area contributed by atoms with Crippen molar-refractivity contribution in [1.29, 1.82) is 0 Å². The van der Waals surface area contributed by atoms with Crippen LogP contribution in [-0.4, -0.2) is 4.98 Å². The first-order valence-corrected chi connectivity index (χ1v) is 9.00. The summed E-state index contributed by atoms with van der Waals surface area (Å²) in [7, 11) is -4.94. The molecule has 0 amide bonds. The minimum atomic E-state index is -4.94. The lowest BCUT2D eigenvalue weighted by Gasteiger charge is -2.17. The number of nitrogens with two attached hydrogens (primary N) is 1. The molecule has 0 radical (unpaired) electrons. The van der Waals surface area contributed by atoms with Gasteiger partial charge in [-0.2, -0.15) is 0 Å². The van der Waals surface area contributed by atoms with E-state index in [4.69, 9.17) is 24.4 Å². The van der Waals surface area contributed by atoms with Gasteiger partial charge in [0.1, 0.15) is 16.9 Å². The van der Waals surface area contributed by atoms with Crippen LogP contribution in [0.1, 0.15) is 11.5 Å². The van der Waals surface area contributed by atoms with Crippen LogP contribution in [-0.2, 0) is 0 Å². The van der Waals surface area contributed by atoms with Gasteiger partial charge >= 0.3 is 5.56 Å². The third kappa shape index (κ3) is 5.61. The monoisotopic (exact) mass is 391 g/mol. The Bertz CT molecular complexity index is 979. The van der Waals surface area contributed by atoms with E-state index in [2.05, 4.69) is 4.98 Å². The van der Waals surface area contributed by atoms with E-state index in [0.717, 1.165) is 22.8 Å². The fraction of sp³-hybridized carbons (Fsp3) is 0.111. The van der Waals surface area contributed by atoms with Gasteiger partial charge in [0.25, 0.3) is 5.82 Å². The lowest BCUT2D eigenvalue weighted by atomic mass is 10.1. The lowest BCUT2D eigenvalue weighted by Crippen LogP contribution is -2.68. The third-order valence-electron chi connectivity index (χ3n) is 3.74. The highest BCUT2D eigenvalue weighted by molar-refractivity contribution is 5.63. The molecule has 1 heterocycles. The van der Waals surface area contributed by atoms with E-state index in [1.165, 1.54) is 0 Å². The van der Waals surface area contributed by atoms with E-state index in [1.807, 2.05) is 73.0 Å². The van der Waals surface area contributed by atoms with Crippen molar-refractivity contribution in [2.75, 3.05) is 5.73 Å². The highest BCUT2D eigenvalue weighted by atomic mass is 35.7. The molecule has 8 nitrogen and oxygen atoms in total. The van der Waals surface area contributed by atoms with Crippen LogP contribution in [0.5, 0.6) is 0 Å². The van der Waals surface area contributed by atoms with Gasteiger partial charge in [0.05, 0.1) is 0 Å². The predicted octanol–water partition coefficient (Wildman–Crippen LogP) is -2.24. The molecule has 0 bridgehead atoms. The number of H-pyrrole nitrogens is 1. The topological polar surface area (TPSA) is 155 Å². The minimum Gasteiger partial charge on any atom is -0.399 e. The molecular weight excluding hydrogens is 374 g/mol. The number of anilines is 1. The van der Waals surface area contributed by atoms with E-state index in [-0.39, 0.29) is 5.56 Å². The number of nitrogens with one attached hydrogen (secondary N) is 1. The standard InChI is InChI=1S/C18H17N3O.ClHO4/c1-12-17(14-7-4-3-5-8-14)18(22)20-13(2)21(12)16-10-6-9-15(19)11-16;2-1(3,4)5/h3-11H,19H2,1-2H3;(H,2,3,4,5). The van der Waals surface area contributed by atoms with Gasteiger partial charge in [-0.3, -0.25) is 0 Å². The largest absolute Gasteiger partial charge is 0.399 e. The summed E-state index contributed by atoms with van der Waals surface area (Å²) < 4.78 is 36.0. The second kappa shape index (κ2) is 8.30. The van der Waals surface area contributed by atoms with Gasteiger partial charge in [0.2, 0.25) is 0 Å². The van der Waals surface area contributed by atoms with E-state index in [9.17, 15) is 4.79 Å². The van der Waals surface area contributed by atoms with E-state index >= 15 is 0 Å². The zero-order valence-corrected chi connectivity index (χ0v) is 15.4. The normalized spacial score (nSPS) is 10.9. The SMILES string of the molecule is Cc1[nH]c(=O)c(-c2ccccc2)c(C)[n+]1-c1cccc(N)c1.[O-][Cl+3]([O-])([O-])[O-]. The highest BCUT2D eigenvalue weighted by Crippen LogP contribution is 2.18. The van der Waals surface area contributed by atoms with Crippen molar-refractivity contribution in [3.05, 3.63) is 76.5 Å². The smallest absolute Gasteiger partial charge is 0.343 e. The summed E-state index contributed by atoms with van der Waals surface area (Å²) in [5.41, 5.74) is 9.90. The molecule has 0 aliphatic rings. The van der Waals surface area contributed by atoms with Crippen LogP contribution < -0.4 is 34.5 Å². The molecule has 9 heteroatoms. The molecule has 3 rings (SSSR count). The first-order chi connectivity index (χ1) is 12.6. The molecule has 3 aromatic rings. The average Bonchev–Trinajstić information content (AvgIpc) is 2.54. The van der Waals surface area contributed by atoms with Crippen molar-refractivity contribution >= 4 is 5.69 Å². The Morgan fingerprint density at radius 3 is 2.11 bits per heavy atom. The lowest BCUT2D eigenvalue weighted by molar-refractivity contribution is -2.00. The van der Waals surface area contributed by atoms with Gasteiger partial charge in [-0.15, -0.1) is 10.2 Å². The predicted molar refractivity (Wildman–Crippen MR) is 87.9 cm³/mol. The Labute approximate surface area is 157 Å².